The fourth-order valence-electron chi connectivity index (χ4n) is 2.71. The Hall–Kier alpha value is -2.41. The van der Waals surface area contributed by atoms with Crippen molar-refractivity contribution in [2.75, 3.05) is 19.7 Å². The van der Waals surface area contributed by atoms with E-state index in [1.807, 2.05) is 11.4 Å². The van der Waals surface area contributed by atoms with E-state index in [0.717, 1.165) is 0 Å². The summed E-state index contributed by atoms with van der Waals surface area (Å²) in [6, 6.07) is 7.02. The van der Waals surface area contributed by atoms with E-state index in [1.54, 1.807) is 29.3 Å². The normalized spacial score (nSPS) is 15.2. The number of carbonyl (C=O) groups excluding carboxylic acids is 3. The van der Waals surface area contributed by atoms with Gasteiger partial charge in [-0.3, -0.25) is 14.4 Å². The van der Waals surface area contributed by atoms with Crippen LogP contribution in [0.2, 0.25) is 0 Å². The molecule has 6 nitrogen and oxygen atoms in total. The number of hydrogen-bond acceptors (Lipinski definition) is 5. The van der Waals surface area contributed by atoms with Crippen LogP contribution in [-0.2, 0) is 9.53 Å². The Bertz CT molecular complexity index is 701. The molecule has 24 heavy (non-hydrogen) atoms. The minimum Gasteiger partial charge on any atom is -0.457 e. The topological polar surface area (TPSA) is 79.5 Å². The van der Waals surface area contributed by atoms with Gasteiger partial charge in [-0.25, -0.2) is 0 Å². The van der Waals surface area contributed by atoms with Gasteiger partial charge >= 0.3 is 5.97 Å². The largest absolute Gasteiger partial charge is 0.457 e. The SMILES string of the molecule is O=C(COC(=O)C1CCN(C(=O)c2cccs2)CC1)c1ccc[nH]1. The van der Waals surface area contributed by atoms with Gasteiger partial charge in [-0.15, -0.1) is 11.3 Å². The summed E-state index contributed by atoms with van der Waals surface area (Å²) in [7, 11) is 0. The summed E-state index contributed by atoms with van der Waals surface area (Å²) in [5.41, 5.74) is 0.430. The maximum atomic E-state index is 12.3. The second-order valence-corrected chi connectivity index (χ2v) is 6.61. The van der Waals surface area contributed by atoms with E-state index in [-0.39, 0.29) is 30.2 Å². The van der Waals surface area contributed by atoms with Gasteiger partial charge in [0.1, 0.15) is 0 Å². The molecule has 1 aliphatic rings. The summed E-state index contributed by atoms with van der Waals surface area (Å²) in [4.78, 5) is 41.4. The first kappa shape index (κ1) is 16.4. The number of rotatable bonds is 5. The number of aromatic amines is 1. The molecule has 0 spiro atoms. The van der Waals surface area contributed by atoms with Crippen LogP contribution in [0.25, 0.3) is 0 Å². The molecule has 0 bridgehead atoms. The number of ketones is 1. The zero-order valence-corrected chi connectivity index (χ0v) is 13.9. The number of amides is 1. The Morgan fingerprint density at radius 1 is 1.21 bits per heavy atom. The van der Waals surface area contributed by atoms with E-state index in [9.17, 15) is 14.4 Å². The number of piperidine rings is 1. The lowest BCUT2D eigenvalue weighted by molar-refractivity contribution is -0.148. The smallest absolute Gasteiger partial charge is 0.309 e. The Kier molecular flexibility index (Phi) is 5.10. The van der Waals surface area contributed by atoms with Crippen LogP contribution < -0.4 is 0 Å². The van der Waals surface area contributed by atoms with Gasteiger partial charge in [0.05, 0.1) is 16.5 Å². The van der Waals surface area contributed by atoms with Crippen molar-refractivity contribution in [3.05, 3.63) is 46.4 Å². The predicted octanol–water partition coefficient (Wildman–Crippen LogP) is 2.35. The number of nitrogens with one attached hydrogen (secondary N) is 1. The molecule has 0 saturated carbocycles. The molecule has 3 rings (SSSR count). The third-order valence-electron chi connectivity index (χ3n) is 4.09. The molecule has 0 aliphatic carbocycles. The second kappa shape index (κ2) is 7.44. The lowest BCUT2D eigenvalue weighted by Gasteiger charge is -2.30. The number of H-pyrrole nitrogens is 1. The number of carbonyl (C=O) groups is 3. The molecule has 1 fully saturated rings. The minimum atomic E-state index is -0.363. The molecule has 2 aromatic heterocycles. The number of hydrogen-bond donors (Lipinski definition) is 1. The molecule has 126 valence electrons. The first-order chi connectivity index (χ1) is 11.6. The molecular formula is C17H18N2O4S. The number of likely N-dealkylation sites (tertiary alicyclic amines) is 1. The van der Waals surface area contributed by atoms with Crippen LogP contribution in [0.5, 0.6) is 0 Å². The second-order valence-electron chi connectivity index (χ2n) is 5.66. The van der Waals surface area contributed by atoms with E-state index < -0.39 is 0 Å². The van der Waals surface area contributed by atoms with Gasteiger partial charge in [0.25, 0.3) is 5.91 Å². The highest BCUT2D eigenvalue weighted by Crippen LogP contribution is 2.21. The van der Waals surface area contributed by atoms with Crippen LogP contribution in [-0.4, -0.2) is 47.2 Å². The summed E-state index contributed by atoms with van der Waals surface area (Å²) in [5.74, 6) is -0.857. The first-order valence-electron chi connectivity index (χ1n) is 7.81. The van der Waals surface area contributed by atoms with E-state index in [1.165, 1.54) is 11.3 Å². The predicted molar refractivity (Wildman–Crippen MR) is 89.0 cm³/mol. The highest BCUT2D eigenvalue weighted by atomic mass is 32.1. The third kappa shape index (κ3) is 3.73. The fraction of sp³-hybridized carbons (Fsp3) is 0.353. The standard InChI is InChI=1S/C17H18N2O4S/c20-14(13-3-1-7-18-13)11-23-17(22)12-5-8-19(9-6-12)16(21)15-4-2-10-24-15/h1-4,7,10,12,18H,5-6,8-9,11H2. The van der Waals surface area contributed by atoms with Crippen LogP contribution in [0.3, 0.4) is 0 Å². The molecule has 0 unspecified atom stereocenters. The van der Waals surface area contributed by atoms with Crippen molar-refractivity contribution < 1.29 is 19.1 Å². The van der Waals surface area contributed by atoms with Gasteiger partial charge in [0.15, 0.2) is 6.61 Å². The summed E-state index contributed by atoms with van der Waals surface area (Å²) in [6.45, 7) is 0.801. The number of ether oxygens (including phenoxy) is 1. The maximum absolute atomic E-state index is 12.3. The molecule has 1 aliphatic heterocycles. The average Bonchev–Trinajstić information content (AvgIpc) is 3.32. The van der Waals surface area contributed by atoms with Crippen LogP contribution in [0.1, 0.15) is 33.0 Å². The molecule has 7 heteroatoms. The lowest BCUT2D eigenvalue weighted by Crippen LogP contribution is -2.40. The van der Waals surface area contributed by atoms with Crippen molar-refractivity contribution in [3.63, 3.8) is 0 Å². The quantitative estimate of drug-likeness (QED) is 0.666. The molecule has 0 radical (unpaired) electrons. The zero-order valence-electron chi connectivity index (χ0n) is 13.1. The van der Waals surface area contributed by atoms with Gasteiger partial charge < -0.3 is 14.6 Å². The maximum Gasteiger partial charge on any atom is 0.309 e. The van der Waals surface area contributed by atoms with Crippen molar-refractivity contribution >= 4 is 29.0 Å². The number of aromatic nitrogens is 1. The lowest BCUT2D eigenvalue weighted by atomic mass is 9.97. The Balaban J connectivity index is 1.45. The van der Waals surface area contributed by atoms with Crippen molar-refractivity contribution in [2.24, 2.45) is 5.92 Å². The van der Waals surface area contributed by atoms with Crippen molar-refractivity contribution in [1.29, 1.82) is 0 Å². The van der Waals surface area contributed by atoms with E-state index >= 15 is 0 Å². The number of esters is 1. The van der Waals surface area contributed by atoms with E-state index in [0.29, 0.717) is 36.5 Å². The van der Waals surface area contributed by atoms with E-state index in [2.05, 4.69) is 4.98 Å². The molecule has 1 N–H and O–H groups in total. The van der Waals surface area contributed by atoms with Crippen molar-refractivity contribution in [3.8, 4) is 0 Å². The summed E-state index contributed by atoms with van der Waals surface area (Å²) in [6.07, 6.45) is 2.77. The van der Waals surface area contributed by atoms with Gasteiger partial charge in [-0.2, -0.15) is 0 Å². The molecule has 3 heterocycles. The van der Waals surface area contributed by atoms with Gasteiger partial charge in [-0.05, 0) is 36.4 Å². The molecule has 0 atom stereocenters. The van der Waals surface area contributed by atoms with Crippen LogP contribution in [0.15, 0.2) is 35.8 Å². The molecule has 1 saturated heterocycles. The first-order valence-corrected chi connectivity index (χ1v) is 8.69. The highest BCUT2D eigenvalue weighted by Gasteiger charge is 2.29. The monoisotopic (exact) mass is 346 g/mol. The van der Waals surface area contributed by atoms with Crippen LogP contribution >= 0.6 is 11.3 Å². The average molecular weight is 346 g/mol. The fourth-order valence-corrected chi connectivity index (χ4v) is 3.40. The van der Waals surface area contributed by atoms with Crippen molar-refractivity contribution in [1.82, 2.24) is 9.88 Å². The van der Waals surface area contributed by atoms with Crippen LogP contribution in [0, 0.1) is 5.92 Å². The van der Waals surface area contributed by atoms with Gasteiger partial charge in [0.2, 0.25) is 5.78 Å². The van der Waals surface area contributed by atoms with E-state index in [4.69, 9.17) is 4.74 Å². The Morgan fingerprint density at radius 2 is 2.00 bits per heavy atom. The van der Waals surface area contributed by atoms with Gasteiger partial charge in [0, 0.05) is 19.3 Å². The third-order valence-corrected chi connectivity index (χ3v) is 4.95. The number of Topliss-reactive ketones (excluding diaryl/α,β-unsaturated/α-hetero) is 1. The Morgan fingerprint density at radius 3 is 2.62 bits per heavy atom. The number of thiophene rings is 1. The zero-order chi connectivity index (χ0) is 16.9. The van der Waals surface area contributed by atoms with Crippen molar-refractivity contribution in [2.45, 2.75) is 12.8 Å². The molecule has 2 aromatic rings. The van der Waals surface area contributed by atoms with Crippen LogP contribution in [0.4, 0.5) is 0 Å². The summed E-state index contributed by atoms with van der Waals surface area (Å²) >= 11 is 1.42. The highest BCUT2D eigenvalue weighted by molar-refractivity contribution is 7.12. The molecule has 1 amide bonds. The molecule has 0 aromatic carbocycles. The Labute approximate surface area is 143 Å². The number of nitrogens with zero attached hydrogens (tertiary/aromatic N) is 1. The molecular weight excluding hydrogens is 328 g/mol. The summed E-state index contributed by atoms with van der Waals surface area (Å²) < 4.78 is 5.13. The van der Waals surface area contributed by atoms with Gasteiger partial charge in [-0.1, -0.05) is 6.07 Å². The minimum absolute atomic E-state index is 0.0127. The summed E-state index contributed by atoms with van der Waals surface area (Å²) in [5, 5.41) is 1.87.